The van der Waals surface area contributed by atoms with E-state index in [1.54, 1.807) is 13.8 Å². The number of methoxy groups -OCH3 is 1. The van der Waals surface area contributed by atoms with Gasteiger partial charge in [0, 0.05) is 26.0 Å². The molecular formula is C19H33N2O10P. The standard InChI is InChI=1S/C19H33N2O10P/c1-4-29-32(25,30-5-2)12-6-9-27-13-14-17(28-11-10-26-3)16(23)18(31-14)21-8-7-15(22)20-19(21)24/h7-8,14,16-18,23H,4-6,9-13H2,1-3H3,(H,20,22,24)/t14-,16-,17-,18-/m1/s1. The van der Waals surface area contributed by atoms with E-state index in [9.17, 15) is 19.3 Å². The highest BCUT2D eigenvalue weighted by atomic mass is 31.2. The Morgan fingerprint density at radius 3 is 2.53 bits per heavy atom. The van der Waals surface area contributed by atoms with Gasteiger partial charge in [-0.15, -0.1) is 0 Å². The maximum Gasteiger partial charge on any atom is 0.330 e. The number of aliphatic hydroxyl groups excluding tert-OH is 1. The van der Waals surface area contributed by atoms with Crippen LogP contribution < -0.4 is 11.2 Å². The first-order valence-electron chi connectivity index (χ1n) is 10.6. The van der Waals surface area contributed by atoms with Crippen molar-refractivity contribution in [1.29, 1.82) is 0 Å². The molecule has 1 saturated heterocycles. The lowest BCUT2D eigenvalue weighted by Crippen LogP contribution is -2.39. The summed E-state index contributed by atoms with van der Waals surface area (Å²) in [6, 6.07) is 1.16. The van der Waals surface area contributed by atoms with Crippen LogP contribution in [-0.4, -0.2) is 85.9 Å². The summed E-state index contributed by atoms with van der Waals surface area (Å²) in [7, 11) is -1.62. The fourth-order valence-electron chi connectivity index (χ4n) is 3.30. The minimum absolute atomic E-state index is 0.0664. The largest absolute Gasteiger partial charge is 0.386 e. The van der Waals surface area contributed by atoms with Crippen molar-refractivity contribution < 1.29 is 37.7 Å². The number of aromatic nitrogens is 2. The molecule has 0 saturated carbocycles. The zero-order valence-corrected chi connectivity index (χ0v) is 19.5. The molecule has 4 atom stereocenters. The first-order chi connectivity index (χ1) is 15.3. The zero-order valence-electron chi connectivity index (χ0n) is 18.6. The number of nitrogens with zero attached hydrogens (tertiary/aromatic N) is 1. The summed E-state index contributed by atoms with van der Waals surface area (Å²) in [4.78, 5) is 25.6. The maximum atomic E-state index is 12.5. The summed E-state index contributed by atoms with van der Waals surface area (Å²) in [5.74, 6) is 0. The van der Waals surface area contributed by atoms with Crippen molar-refractivity contribution >= 4 is 7.60 Å². The van der Waals surface area contributed by atoms with Crippen molar-refractivity contribution in [2.75, 3.05) is 52.9 Å². The van der Waals surface area contributed by atoms with Gasteiger partial charge < -0.3 is 33.1 Å². The summed E-state index contributed by atoms with van der Waals surface area (Å²) in [5.41, 5.74) is -1.26. The molecule has 0 amide bonds. The third-order valence-electron chi connectivity index (χ3n) is 4.69. The van der Waals surface area contributed by atoms with Crippen LogP contribution in [-0.2, 0) is 32.6 Å². The van der Waals surface area contributed by atoms with Gasteiger partial charge in [-0.25, -0.2) is 4.79 Å². The molecule has 1 aliphatic heterocycles. The number of aliphatic hydroxyl groups is 1. The molecule has 1 fully saturated rings. The van der Waals surface area contributed by atoms with Crippen LogP contribution in [0.3, 0.4) is 0 Å². The third kappa shape index (κ3) is 7.60. The number of ether oxygens (including phenoxy) is 4. The lowest BCUT2D eigenvalue weighted by atomic mass is 10.1. The van der Waals surface area contributed by atoms with Gasteiger partial charge >= 0.3 is 13.3 Å². The first-order valence-corrected chi connectivity index (χ1v) is 12.3. The van der Waals surface area contributed by atoms with Crippen LogP contribution in [0, 0.1) is 0 Å². The molecule has 1 aromatic heterocycles. The van der Waals surface area contributed by atoms with E-state index in [-0.39, 0.29) is 39.2 Å². The number of hydrogen-bond acceptors (Lipinski definition) is 10. The molecular weight excluding hydrogens is 447 g/mol. The summed E-state index contributed by atoms with van der Waals surface area (Å²) < 4.78 is 46.3. The lowest BCUT2D eigenvalue weighted by molar-refractivity contribution is -0.0819. The second-order valence-corrected chi connectivity index (χ2v) is 9.19. The molecule has 13 heteroatoms. The van der Waals surface area contributed by atoms with Gasteiger partial charge in [0.05, 0.1) is 39.2 Å². The SMILES string of the molecule is CCOP(=O)(CCCOC[C@H]1O[C@@H](n2ccc(=O)[nH]c2=O)[C@H](O)[C@@H]1OCCOC)OCC. The lowest BCUT2D eigenvalue weighted by Gasteiger charge is -2.21. The Bertz CT molecular complexity index is 834. The van der Waals surface area contributed by atoms with E-state index in [1.165, 1.54) is 13.3 Å². The number of H-pyrrole nitrogens is 1. The molecule has 1 aromatic rings. The maximum absolute atomic E-state index is 12.5. The van der Waals surface area contributed by atoms with Crippen LogP contribution in [0.5, 0.6) is 0 Å². The zero-order chi connectivity index (χ0) is 23.6. The minimum atomic E-state index is -3.14. The molecule has 0 spiro atoms. The van der Waals surface area contributed by atoms with Crippen LogP contribution in [0.1, 0.15) is 26.5 Å². The van der Waals surface area contributed by atoms with Gasteiger partial charge in [-0.1, -0.05) is 0 Å². The van der Waals surface area contributed by atoms with Crippen molar-refractivity contribution in [1.82, 2.24) is 9.55 Å². The topological polar surface area (TPSA) is 148 Å². The van der Waals surface area contributed by atoms with Gasteiger partial charge in [-0.2, -0.15) is 0 Å². The van der Waals surface area contributed by atoms with Gasteiger partial charge in [0.15, 0.2) is 6.23 Å². The Hall–Kier alpha value is -1.37. The Labute approximate surface area is 186 Å². The second-order valence-electron chi connectivity index (χ2n) is 7.00. The molecule has 2 N–H and O–H groups in total. The van der Waals surface area contributed by atoms with Crippen molar-refractivity contribution in [3.8, 4) is 0 Å². The van der Waals surface area contributed by atoms with E-state index in [1.807, 2.05) is 0 Å². The van der Waals surface area contributed by atoms with Crippen LogP contribution >= 0.6 is 7.60 Å². The predicted molar refractivity (Wildman–Crippen MR) is 114 cm³/mol. The van der Waals surface area contributed by atoms with Crippen molar-refractivity contribution in [2.45, 2.75) is 44.8 Å². The van der Waals surface area contributed by atoms with Gasteiger partial charge in [0.2, 0.25) is 0 Å². The smallest absolute Gasteiger partial charge is 0.330 e. The third-order valence-corrected chi connectivity index (χ3v) is 6.85. The van der Waals surface area contributed by atoms with Gasteiger partial charge in [0.1, 0.15) is 18.3 Å². The number of nitrogens with one attached hydrogen (secondary N) is 1. The predicted octanol–water partition coefficient (Wildman–Crippen LogP) is 0.499. The molecule has 184 valence electrons. The fourth-order valence-corrected chi connectivity index (χ4v) is 4.94. The highest BCUT2D eigenvalue weighted by Gasteiger charge is 2.46. The number of hydrogen-bond donors (Lipinski definition) is 2. The van der Waals surface area contributed by atoms with Crippen LogP contribution in [0.25, 0.3) is 0 Å². The highest BCUT2D eigenvalue weighted by molar-refractivity contribution is 7.53. The van der Waals surface area contributed by atoms with Gasteiger partial charge in [0.25, 0.3) is 5.56 Å². The number of rotatable bonds is 15. The quantitative estimate of drug-likeness (QED) is 0.269. The Morgan fingerprint density at radius 2 is 1.91 bits per heavy atom. The average Bonchev–Trinajstić information content (AvgIpc) is 3.04. The second kappa shape index (κ2) is 13.4. The summed E-state index contributed by atoms with van der Waals surface area (Å²) in [5, 5.41) is 10.7. The van der Waals surface area contributed by atoms with Gasteiger partial charge in [-0.05, 0) is 20.3 Å². The van der Waals surface area contributed by atoms with Crippen LogP contribution in [0.2, 0.25) is 0 Å². The molecule has 0 radical (unpaired) electrons. The molecule has 12 nitrogen and oxygen atoms in total. The highest BCUT2D eigenvalue weighted by Crippen LogP contribution is 2.48. The van der Waals surface area contributed by atoms with E-state index in [4.69, 9.17) is 28.0 Å². The van der Waals surface area contributed by atoms with Crippen molar-refractivity contribution in [3.05, 3.63) is 33.1 Å². The summed E-state index contributed by atoms with van der Waals surface area (Å²) in [6.07, 6.45) is -1.81. The fraction of sp³-hybridized carbons (Fsp3) is 0.789. The normalized spacial score (nSPS) is 23.6. The molecule has 0 bridgehead atoms. The summed E-state index contributed by atoms with van der Waals surface area (Å²) in [6.45, 7) is 4.92. The Balaban J connectivity index is 1.97. The molecule has 1 aliphatic rings. The molecule has 0 unspecified atom stereocenters. The van der Waals surface area contributed by atoms with Crippen LogP contribution in [0.15, 0.2) is 21.9 Å². The molecule has 0 aliphatic carbocycles. The minimum Gasteiger partial charge on any atom is -0.386 e. The molecule has 2 rings (SSSR count). The monoisotopic (exact) mass is 480 g/mol. The van der Waals surface area contributed by atoms with E-state index >= 15 is 0 Å². The Kier molecular flexibility index (Phi) is 11.2. The number of aromatic amines is 1. The Morgan fingerprint density at radius 1 is 1.19 bits per heavy atom. The van der Waals surface area contributed by atoms with E-state index in [0.29, 0.717) is 13.0 Å². The molecule has 0 aromatic carbocycles. The van der Waals surface area contributed by atoms with Crippen molar-refractivity contribution in [2.24, 2.45) is 0 Å². The van der Waals surface area contributed by atoms with E-state index < -0.39 is 43.4 Å². The van der Waals surface area contributed by atoms with E-state index in [0.717, 1.165) is 10.6 Å². The van der Waals surface area contributed by atoms with E-state index in [2.05, 4.69) is 4.98 Å². The van der Waals surface area contributed by atoms with Crippen LogP contribution in [0.4, 0.5) is 0 Å². The van der Waals surface area contributed by atoms with Gasteiger partial charge in [-0.3, -0.25) is 18.9 Å². The summed E-state index contributed by atoms with van der Waals surface area (Å²) >= 11 is 0. The molecule has 2 heterocycles. The average molecular weight is 480 g/mol. The van der Waals surface area contributed by atoms with Crippen molar-refractivity contribution in [3.63, 3.8) is 0 Å². The molecule has 32 heavy (non-hydrogen) atoms. The first kappa shape index (κ1) is 26.9.